The average molecular weight is 443 g/mol. The molecular formula is C24H30N2O4S. The maximum absolute atomic E-state index is 13.5. The number of aryl methyl sites for hydroxylation is 1. The zero-order valence-corrected chi connectivity index (χ0v) is 18.9. The van der Waals surface area contributed by atoms with Crippen molar-refractivity contribution in [3.63, 3.8) is 0 Å². The lowest BCUT2D eigenvalue weighted by Gasteiger charge is -2.27. The van der Waals surface area contributed by atoms with Crippen molar-refractivity contribution in [2.24, 2.45) is 11.8 Å². The molecule has 0 saturated heterocycles. The molecule has 2 bridgehead atoms. The van der Waals surface area contributed by atoms with E-state index in [1.807, 2.05) is 26.0 Å². The van der Waals surface area contributed by atoms with Gasteiger partial charge in [-0.2, -0.15) is 0 Å². The number of anilines is 1. The number of amides is 1. The van der Waals surface area contributed by atoms with Crippen molar-refractivity contribution in [1.29, 1.82) is 0 Å². The summed E-state index contributed by atoms with van der Waals surface area (Å²) in [5.74, 6) is 1.59. The van der Waals surface area contributed by atoms with Crippen molar-refractivity contribution < 1.29 is 17.9 Å². The highest BCUT2D eigenvalue weighted by atomic mass is 32.2. The van der Waals surface area contributed by atoms with Crippen LogP contribution in [0.25, 0.3) is 0 Å². The summed E-state index contributed by atoms with van der Waals surface area (Å²) >= 11 is 0. The van der Waals surface area contributed by atoms with E-state index in [-0.39, 0.29) is 23.4 Å². The van der Waals surface area contributed by atoms with Gasteiger partial charge in [-0.3, -0.25) is 9.10 Å². The van der Waals surface area contributed by atoms with E-state index in [0.29, 0.717) is 29.9 Å². The van der Waals surface area contributed by atoms with E-state index in [0.717, 1.165) is 18.4 Å². The third-order valence-electron chi connectivity index (χ3n) is 6.42. The molecule has 31 heavy (non-hydrogen) atoms. The second-order valence-electron chi connectivity index (χ2n) is 8.60. The lowest BCUT2D eigenvalue weighted by Crippen LogP contribution is -2.46. The van der Waals surface area contributed by atoms with Crippen LogP contribution in [0.3, 0.4) is 0 Å². The number of nitrogens with zero attached hydrogens (tertiary/aromatic N) is 1. The molecule has 0 radical (unpaired) electrons. The SMILES string of the molecule is CCOc1ccc(S(=O)(=O)N(CC(=O)N[C@@H]2C[C@H]3CC[C@@H]2C3)c2ccc(C)cc2)cc1. The minimum atomic E-state index is -3.92. The topological polar surface area (TPSA) is 75.7 Å². The van der Waals surface area contributed by atoms with Gasteiger partial charge in [0.25, 0.3) is 10.0 Å². The van der Waals surface area contributed by atoms with Gasteiger partial charge in [0.05, 0.1) is 17.2 Å². The quantitative estimate of drug-likeness (QED) is 0.673. The van der Waals surface area contributed by atoms with Crippen molar-refractivity contribution >= 4 is 21.6 Å². The van der Waals surface area contributed by atoms with Crippen LogP contribution in [0.2, 0.25) is 0 Å². The molecule has 0 spiro atoms. The third-order valence-corrected chi connectivity index (χ3v) is 8.20. The standard InChI is InChI=1S/C24H30N2O4S/c1-3-30-21-10-12-22(13-11-21)31(28,29)26(20-8-4-17(2)5-9-20)16-24(27)25-23-15-18-6-7-19(23)14-18/h4-5,8-13,18-19,23H,3,6-7,14-16H2,1-2H3,(H,25,27)/t18-,19+,23+/m0/s1. The van der Waals surface area contributed by atoms with Gasteiger partial charge < -0.3 is 10.1 Å². The smallest absolute Gasteiger partial charge is 0.264 e. The summed E-state index contributed by atoms with van der Waals surface area (Å²) in [4.78, 5) is 13.0. The van der Waals surface area contributed by atoms with Crippen LogP contribution in [0.1, 0.15) is 38.2 Å². The number of nitrogens with one attached hydrogen (secondary N) is 1. The fourth-order valence-electron chi connectivity index (χ4n) is 4.83. The van der Waals surface area contributed by atoms with Crippen molar-refractivity contribution in [3.8, 4) is 5.75 Å². The first-order valence-electron chi connectivity index (χ1n) is 11.0. The lowest BCUT2D eigenvalue weighted by molar-refractivity contribution is -0.120. The summed E-state index contributed by atoms with van der Waals surface area (Å²) in [6.45, 7) is 4.08. The van der Waals surface area contributed by atoms with Crippen molar-refractivity contribution in [1.82, 2.24) is 5.32 Å². The monoisotopic (exact) mass is 442 g/mol. The maximum atomic E-state index is 13.5. The van der Waals surface area contributed by atoms with Crippen molar-refractivity contribution in [2.75, 3.05) is 17.5 Å². The fraction of sp³-hybridized carbons (Fsp3) is 0.458. The Hall–Kier alpha value is -2.54. The number of hydrogen-bond acceptors (Lipinski definition) is 4. The van der Waals surface area contributed by atoms with Gasteiger partial charge in [0.1, 0.15) is 12.3 Å². The van der Waals surface area contributed by atoms with E-state index in [1.165, 1.54) is 29.3 Å². The molecule has 4 rings (SSSR count). The number of fused-ring (bicyclic) bond motifs is 2. The van der Waals surface area contributed by atoms with E-state index in [4.69, 9.17) is 4.74 Å². The molecule has 0 unspecified atom stereocenters. The maximum Gasteiger partial charge on any atom is 0.264 e. The zero-order chi connectivity index (χ0) is 22.0. The van der Waals surface area contributed by atoms with Crippen molar-refractivity contribution in [2.45, 2.75) is 50.5 Å². The fourth-order valence-corrected chi connectivity index (χ4v) is 6.25. The molecule has 3 atom stereocenters. The summed E-state index contributed by atoms with van der Waals surface area (Å²) in [5.41, 5.74) is 1.50. The van der Waals surface area contributed by atoms with E-state index in [2.05, 4.69) is 5.32 Å². The average Bonchev–Trinajstić information content (AvgIpc) is 3.37. The second kappa shape index (κ2) is 8.91. The molecule has 1 N–H and O–H groups in total. The molecule has 0 aromatic heterocycles. The lowest BCUT2D eigenvalue weighted by atomic mass is 9.95. The Bertz CT molecular complexity index is 1020. The second-order valence-corrected chi connectivity index (χ2v) is 10.5. The molecule has 2 aliphatic carbocycles. The van der Waals surface area contributed by atoms with Gasteiger partial charge in [0, 0.05) is 6.04 Å². The van der Waals surface area contributed by atoms with Crippen LogP contribution < -0.4 is 14.4 Å². The minimum absolute atomic E-state index is 0.129. The largest absolute Gasteiger partial charge is 0.494 e. The number of ether oxygens (including phenoxy) is 1. The third kappa shape index (κ3) is 4.71. The molecule has 166 valence electrons. The molecule has 2 aromatic carbocycles. The summed E-state index contributed by atoms with van der Waals surface area (Å²) in [7, 11) is -3.92. The van der Waals surface area contributed by atoms with E-state index in [9.17, 15) is 13.2 Å². The number of hydrogen-bond donors (Lipinski definition) is 1. The Labute approximate surface area is 184 Å². The van der Waals surface area contributed by atoms with E-state index >= 15 is 0 Å². The van der Waals surface area contributed by atoms with E-state index in [1.54, 1.807) is 24.3 Å². The van der Waals surface area contributed by atoms with Crippen LogP contribution in [0.5, 0.6) is 5.75 Å². The van der Waals surface area contributed by atoms with Gasteiger partial charge in [0.15, 0.2) is 0 Å². The highest BCUT2D eigenvalue weighted by Gasteiger charge is 2.40. The number of rotatable bonds is 8. The normalized spacial score (nSPS) is 22.3. The van der Waals surface area contributed by atoms with Crippen LogP contribution in [0.15, 0.2) is 53.4 Å². The minimum Gasteiger partial charge on any atom is -0.494 e. The summed E-state index contributed by atoms with van der Waals surface area (Å²) in [5, 5.41) is 3.11. The molecule has 1 amide bonds. The molecule has 0 aliphatic heterocycles. The van der Waals surface area contributed by atoms with Gasteiger partial charge in [0.2, 0.25) is 5.91 Å². The van der Waals surface area contributed by atoms with Crippen LogP contribution in [0, 0.1) is 18.8 Å². The molecule has 2 fully saturated rings. The number of carbonyl (C=O) groups is 1. The Morgan fingerprint density at radius 1 is 1.06 bits per heavy atom. The molecule has 7 heteroatoms. The molecule has 6 nitrogen and oxygen atoms in total. The number of carbonyl (C=O) groups excluding carboxylic acids is 1. The molecule has 0 heterocycles. The first kappa shape index (κ1) is 21.7. The predicted molar refractivity (Wildman–Crippen MR) is 121 cm³/mol. The van der Waals surface area contributed by atoms with Gasteiger partial charge >= 0.3 is 0 Å². The highest BCUT2D eigenvalue weighted by molar-refractivity contribution is 7.92. The van der Waals surface area contributed by atoms with Gasteiger partial charge in [-0.1, -0.05) is 24.1 Å². The van der Waals surface area contributed by atoms with Gasteiger partial charge in [-0.05, 0) is 81.3 Å². The Kier molecular flexibility index (Phi) is 6.23. The van der Waals surface area contributed by atoms with Gasteiger partial charge in [-0.25, -0.2) is 8.42 Å². The predicted octanol–water partition coefficient (Wildman–Crippen LogP) is 3.89. The van der Waals surface area contributed by atoms with Crippen molar-refractivity contribution in [3.05, 3.63) is 54.1 Å². The van der Waals surface area contributed by atoms with Crippen LogP contribution in [0.4, 0.5) is 5.69 Å². The zero-order valence-electron chi connectivity index (χ0n) is 18.1. The summed E-state index contributed by atoms with van der Waals surface area (Å²) in [6, 6.07) is 13.7. The Morgan fingerprint density at radius 3 is 2.35 bits per heavy atom. The molecular weight excluding hydrogens is 412 g/mol. The summed E-state index contributed by atoms with van der Waals surface area (Å²) in [6.07, 6.45) is 4.59. The highest BCUT2D eigenvalue weighted by Crippen LogP contribution is 2.44. The molecule has 2 aromatic rings. The molecule has 2 aliphatic rings. The first-order chi connectivity index (χ1) is 14.9. The van der Waals surface area contributed by atoms with Crippen LogP contribution in [-0.2, 0) is 14.8 Å². The van der Waals surface area contributed by atoms with Crippen LogP contribution in [-0.4, -0.2) is 33.5 Å². The Morgan fingerprint density at radius 2 is 1.77 bits per heavy atom. The Balaban J connectivity index is 1.57. The number of sulfonamides is 1. The molecule has 2 saturated carbocycles. The van der Waals surface area contributed by atoms with Gasteiger partial charge in [-0.15, -0.1) is 0 Å². The summed E-state index contributed by atoms with van der Waals surface area (Å²) < 4.78 is 33.6. The van der Waals surface area contributed by atoms with E-state index < -0.39 is 10.0 Å². The number of benzene rings is 2. The van der Waals surface area contributed by atoms with Crippen LogP contribution >= 0.6 is 0 Å². The first-order valence-corrected chi connectivity index (χ1v) is 12.4.